The number of aliphatic carboxylic acids is 1. The maximum Gasteiger partial charge on any atom is 0.326 e. The fourth-order valence-corrected chi connectivity index (χ4v) is 5.27. The molecule has 56 heavy (non-hydrogen) atoms. The average Bonchev–Trinajstić information content (AvgIpc) is 3.11. The number of hydrogen-bond donors (Lipinski definition) is 13. The molecule has 0 aliphatic rings. The van der Waals surface area contributed by atoms with Crippen molar-refractivity contribution >= 4 is 47.4 Å². The van der Waals surface area contributed by atoms with Crippen molar-refractivity contribution in [2.45, 2.75) is 102 Å². The van der Waals surface area contributed by atoms with E-state index >= 15 is 0 Å². The van der Waals surface area contributed by atoms with Crippen molar-refractivity contribution in [3.63, 3.8) is 0 Å². The van der Waals surface area contributed by atoms with Crippen LogP contribution in [0.25, 0.3) is 0 Å². The van der Waals surface area contributed by atoms with Crippen molar-refractivity contribution in [2.75, 3.05) is 19.7 Å². The molecule has 0 fully saturated rings. The number of phenols is 1. The number of hydrogen-bond acceptors (Lipinski definition) is 11. The number of aliphatic imine (C=N–C) groups is 2. The molecule has 21 nitrogen and oxygen atoms in total. The highest BCUT2D eigenvalue weighted by Crippen LogP contribution is 2.14. The predicted molar refractivity (Wildman–Crippen MR) is 208 cm³/mol. The fourth-order valence-electron chi connectivity index (χ4n) is 5.27. The molecule has 0 aliphatic heterocycles. The first-order valence-electron chi connectivity index (χ1n) is 18.2. The van der Waals surface area contributed by atoms with Crippen LogP contribution in [0.15, 0.2) is 34.3 Å². The van der Waals surface area contributed by atoms with E-state index in [1.807, 2.05) is 0 Å². The molecule has 1 aromatic rings. The van der Waals surface area contributed by atoms with Gasteiger partial charge in [-0.05, 0) is 61.6 Å². The van der Waals surface area contributed by atoms with Crippen molar-refractivity contribution in [1.29, 1.82) is 0 Å². The second-order valence-electron chi connectivity index (χ2n) is 14.0. The molecule has 0 spiro atoms. The lowest BCUT2D eigenvalue weighted by Gasteiger charge is -2.28. The number of nitrogens with zero attached hydrogens (tertiary/aromatic N) is 2. The quantitative estimate of drug-likeness (QED) is 0.0261. The van der Waals surface area contributed by atoms with Crippen LogP contribution in [0.1, 0.15) is 65.4 Å². The van der Waals surface area contributed by atoms with Gasteiger partial charge in [0, 0.05) is 19.5 Å². The summed E-state index contributed by atoms with van der Waals surface area (Å²) in [5.74, 6) is -6.25. The Morgan fingerprint density at radius 2 is 1.12 bits per heavy atom. The molecule has 0 bridgehead atoms. The number of aliphatic hydroxyl groups excluding tert-OH is 1. The number of carbonyl (C=O) groups is 6. The van der Waals surface area contributed by atoms with Crippen molar-refractivity contribution in [1.82, 2.24) is 26.6 Å². The van der Waals surface area contributed by atoms with Crippen LogP contribution in [0.5, 0.6) is 5.75 Å². The molecule has 6 atom stereocenters. The van der Waals surface area contributed by atoms with Gasteiger partial charge in [0.15, 0.2) is 11.9 Å². The minimum absolute atomic E-state index is 0.00321. The Kier molecular flexibility index (Phi) is 21.3. The van der Waals surface area contributed by atoms with Gasteiger partial charge in [0.2, 0.25) is 29.5 Å². The van der Waals surface area contributed by atoms with Gasteiger partial charge in [-0.1, -0.05) is 39.8 Å². The smallest absolute Gasteiger partial charge is 0.326 e. The molecular weight excluding hydrogens is 732 g/mol. The second-order valence-corrected chi connectivity index (χ2v) is 14.0. The average molecular weight is 793 g/mol. The highest BCUT2D eigenvalue weighted by Gasteiger charge is 2.34. The van der Waals surface area contributed by atoms with Gasteiger partial charge in [0.25, 0.3) is 0 Å². The summed E-state index contributed by atoms with van der Waals surface area (Å²) in [7, 11) is 0. The molecule has 314 valence electrons. The van der Waals surface area contributed by atoms with E-state index in [0.717, 1.165) is 0 Å². The number of carboxylic acid groups (broad SMARTS) is 1. The lowest BCUT2D eigenvalue weighted by molar-refractivity contribution is -0.142. The largest absolute Gasteiger partial charge is 0.508 e. The van der Waals surface area contributed by atoms with Crippen LogP contribution < -0.4 is 55.3 Å². The normalized spacial score (nSPS) is 14.2. The lowest BCUT2D eigenvalue weighted by atomic mass is 9.99. The minimum atomic E-state index is -1.33. The molecule has 0 saturated heterocycles. The predicted octanol–water partition coefficient (Wildman–Crippen LogP) is -3.43. The van der Waals surface area contributed by atoms with Gasteiger partial charge < -0.3 is 70.6 Å². The van der Waals surface area contributed by atoms with Gasteiger partial charge in [0.05, 0.1) is 6.61 Å². The SMILES string of the molecule is CC(C)C[C@H](NC(=O)[C@H](Cc1ccc(O)cc1)NC(=O)[C@@H](N)CO)C(=O)N[C@@H](CCCN=C(N)N)C(=O)N[C@H](C(=O)N[C@@H](CCCN=C(N)N)C(=O)O)C(C)C. The monoisotopic (exact) mass is 792 g/mol. The Balaban J connectivity index is 3.34. The highest BCUT2D eigenvalue weighted by molar-refractivity contribution is 5.96. The Hall–Kier alpha value is -5.70. The van der Waals surface area contributed by atoms with Crippen molar-refractivity contribution in [2.24, 2.45) is 50.5 Å². The van der Waals surface area contributed by atoms with Crippen molar-refractivity contribution in [3.8, 4) is 5.75 Å². The first-order valence-corrected chi connectivity index (χ1v) is 18.2. The lowest BCUT2D eigenvalue weighted by Crippen LogP contribution is -2.60. The summed E-state index contributed by atoms with van der Waals surface area (Å²) < 4.78 is 0. The Morgan fingerprint density at radius 1 is 0.661 bits per heavy atom. The van der Waals surface area contributed by atoms with Crippen LogP contribution in [0.4, 0.5) is 0 Å². The standard InChI is InChI=1S/C35H60N12O9/c1-18(2)15-25(46-31(53)26(45-28(50)22(36)17-48)16-20-9-11-21(49)12-10-20)30(52)43-23(7-5-13-41-34(37)38)29(51)47-27(19(3)4)32(54)44-24(33(55)56)8-6-14-42-35(39)40/h9-12,18-19,22-27,48-49H,5-8,13-17,36H2,1-4H3,(H,43,52)(H,44,54)(H,45,50)(H,46,53)(H,47,51)(H,55,56)(H4,37,38,41)(H4,39,40,42)/t22-,23-,24-,25-,26-,27-/m0/s1. The van der Waals surface area contributed by atoms with Crippen LogP contribution in [0.2, 0.25) is 0 Å². The molecule has 5 amide bonds. The fraction of sp³-hybridized carbons (Fsp3) is 0.600. The number of carboxylic acids is 1. The number of phenolic OH excluding ortho intramolecular Hbond substituents is 1. The summed E-state index contributed by atoms with van der Waals surface area (Å²) in [6.45, 7) is 6.43. The first-order chi connectivity index (χ1) is 26.2. The molecule has 0 radical (unpaired) electrons. The van der Waals surface area contributed by atoms with E-state index in [0.29, 0.717) is 5.56 Å². The van der Waals surface area contributed by atoms with Crippen LogP contribution >= 0.6 is 0 Å². The Labute approximate surface area is 326 Å². The Morgan fingerprint density at radius 3 is 1.61 bits per heavy atom. The van der Waals surface area contributed by atoms with Crippen LogP contribution in [0, 0.1) is 11.8 Å². The summed E-state index contributed by atoms with van der Waals surface area (Å²) in [5, 5.41) is 41.7. The molecule has 0 saturated carbocycles. The van der Waals surface area contributed by atoms with E-state index in [2.05, 4.69) is 36.6 Å². The van der Waals surface area contributed by atoms with E-state index in [4.69, 9.17) is 28.7 Å². The van der Waals surface area contributed by atoms with E-state index < -0.39 is 84.3 Å². The first kappa shape index (κ1) is 48.3. The van der Waals surface area contributed by atoms with E-state index in [9.17, 15) is 44.1 Å². The number of guanidine groups is 2. The van der Waals surface area contributed by atoms with E-state index in [1.54, 1.807) is 39.8 Å². The molecule has 0 aliphatic carbocycles. The summed E-state index contributed by atoms with van der Waals surface area (Å²) in [4.78, 5) is 87.1. The minimum Gasteiger partial charge on any atom is -0.508 e. The number of aromatic hydroxyl groups is 1. The van der Waals surface area contributed by atoms with Crippen molar-refractivity contribution in [3.05, 3.63) is 29.8 Å². The summed E-state index contributed by atoms with van der Waals surface area (Å²) >= 11 is 0. The van der Waals surface area contributed by atoms with Gasteiger partial charge in [0.1, 0.15) is 42.0 Å². The van der Waals surface area contributed by atoms with Gasteiger partial charge in [-0.25, -0.2) is 4.79 Å². The zero-order valence-corrected chi connectivity index (χ0v) is 32.4. The molecule has 21 heteroatoms. The number of benzene rings is 1. The molecule has 18 N–H and O–H groups in total. The Bertz CT molecular complexity index is 1510. The number of nitrogens with two attached hydrogens (primary N) is 5. The van der Waals surface area contributed by atoms with Gasteiger partial charge >= 0.3 is 5.97 Å². The van der Waals surface area contributed by atoms with Gasteiger partial charge in [-0.3, -0.25) is 34.0 Å². The van der Waals surface area contributed by atoms with Crippen LogP contribution in [-0.2, 0) is 35.2 Å². The van der Waals surface area contributed by atoms with Crippen molar-refractivity contribution < 1.29 is 44.1 Å². The zero-order chi connectivity index (χ0) is 42.5. The molecule has 0 unspecified atom stereocenters. The van der Waals surface area contributed by atoms with E-state index in [-0.39, 0.29) is 75.2 Å². The van der Waals surface area contributed by atoms with Gasteiger partial charge in [-0.15, -0.1) is 0 Å². The maximum atomic E-state index is 13.9. The molecule has 1 rings (SSSR count). The third-order valence-corrected chi connectivity index (χ3v) is 8.27. The topological polar surface area (TPSA) is 378 Å². The zero-order valence-electron chi connectivity index (χ0n) is 32.4. The number of aliphatic hydroxyl groups is 1. The number of rotatable bonds is 25. The summed E-state index contributed by atoms with van der Waals surface area (Å²) in [6.07, 6.45) is 0.470. The van der Waals surface area contributed by atoms with E-state index in [1.165, 1.54) is 12.1 Å². The molecular formula is C35H60N12O9. The maximum absolute atomic E-state index is 13.9. The number of carbonyl (C=O) groups excluding carboxylic acids is 5. The third-order valence-electron chi connectivity index (χ3n) is 8.27. The summed E-state index contributed by atoms with van der Waals surface area (Å²) in [5.41, 5.74) is 27.7. The van der Waals surface area contributed by atoms with Crippen LogP contribution in [-0.4, -0.2) is 119 Å². The summed E-state index contributed by atoms with van der Waals surface area (Å²) in [6, 6.07) is -1.76. The third kappa shape index (κ3) is 18.6. The van der Waals surface area contributed by atoms with Gasteiger partial charge in [-0.2, -0.15) is 0 Å². The molecule has 0 aromatic heterocycles. The van der Waals surface area contributed by atoms with Crippen LogP contribution in [0.3, 0.4) is 0 Å². The number of amides is 5. The number of nitrogens with one attached hydrogen (secondary N) is 5. The molecule has 0 heterocycles. The highest BCUT2D eigenvalue weighted by atomic mass is 16.4. The molecule has 1 aromatic carbocycles. The second kappa shape index (κ2) is 24.7.